The number of aromatic nitrogens is 2. The van der Waals surface area contributed by atoms with Gasteiger partial charge in [0.2, 0.25) is 0 Å². The number of hydrogen-bond donors (Lipinski definition) is 0. The number of rotatable bonds is 3. The molecule has 0 saturated heterocycles. The zero-order valence-corrected chi connectivity index (χ0v) is 12.8. The summed E-state index contributed by atoms with van der Waals surface area (Å²) >= 11 is 5.85. The lowest BCUT2D eigenvalue weighted by molar-refractivity contribution is 0.0522. The Morgan fingerprint density at radius 3 is 2.48 bits per heavy atom. The normalized spacial score (nSPS) is 10.5. The lowest BCUT2D eigenvalue weighted by atomic mass is 10.2. The van der Waals surface area contributed by atoms with Gasteiger partial charge in [-0.1, -0.05) is 11.6 Å². The molecule has 5 nitrogen and oxygen atoms in total. The Balaban J connectivity index is 2.67. The van der Waals surface area contributed by atoms with Crippen LogP contribution in [0.15, 0.2) is 29.1 Å². The standard InChI is InChI=1S/C15H15ClN2O3/c1-4-21-15(20)13-9(2)17-10(3)18(14(13)19)12-7-5-11(16)6-8-12/h5-8H,4H2,1-3H3. The zero-order valence-electron chi connectivity index (χ0n) is 12.0. The van der Waals surface area contributed by atoms with Crippen LogP contribution in [-0.2, 0) is 4.74 Å². The number of benzene rings is 1. The van der Waals surface area contributed by atoms with E-state index >= 15 is 0 Å². The first-order chi connectivity index (χ1) is 9.95. The number of halogens is 1. The van der Waals surface area contributed by atoms with Crippen molar-refractivity contribution in [3.8, 4) is 5.69 Å². The summed E-state index contributed by atoms with van der Waals surface area (Å²) in [4.78, 5) is 28.8. The fraction of sp³-hybridized carbons (Fsp3) is 0.267. The minimum absolute atomic E-state index is 0.0441. The van der Waals surface area contributed by atoms with Gasteiger partial charge in [-0.15, -0.1) is 0 Å². The first-order valence-electron chi connectivity index (χ1n) is 6.49. The predicted octanol–water partition coefficient (Wildman–Crippen LogP) is 2.68. The minimum atomic E-state index is -0.657. The molecule has 0 saturated carbocycles. The Labute approximate surface area is 127 Å². The van der Waals surface area contributed by atoms with E-state index in [4.69, 9.17) is 16.3 Å². The van der Waals surface area contributed by atoms with Gasteiger partial charge in [0.1, 0.15) is 11.4 Å². The molecule has 0 aliphatic carbocycles. The Hall–Kier alpha value is -2.14. The second-order valence-corrected chi connectivity index (χ2v) is 4.89. The van der Waals surface area contributed by atoms with E-state index in [9.17, 15) is 9.59 Å². The van der Waals surface area contributed by atoms with E-state index in [1.165, 1.54) is 4.57 Å². The molecule has 0 unspecified atom stereocenters. The van der Waals surface area contributed by atoms with Crippen LogP contribution in [0.2, 0.25) is 5.02 Å². The van der Waals surface area contributed by atoms with Gasteiger partial charge in [-0.2, -0.15) is 0 Å². The largest absolute Gasteiger partial charge is 0.462 e. The van der Waals surface area contributed by atoms with Gasteiger partial charge < -0.3 is 4.74 Å². The predicted molar refractivity (Wildman–Crippen MR) is 80.3 cm³/mol. The molecule has 0 bridgehead atoms. The summed E-state index contributed by atoms with van der Waals surface area (Å²) in [7, 11) is 0. The highest BCUT2D eigenvalue weighted by Gasteiger charge is 2.20. The Morgan fingerprint density at radius 1 is 1.29 bits per heavy atom. The summed E-state index contributed by atoms with van der Waals surface area (Å²) in [5.41, 5.74) is 0.472. The third-order valence-corrected chi connectivity index (χ3v) is 3.25. The average molecular weight is 307 g/mol. The topological polar surface area (TPSA) is 61.2 Å². The molecule has 2 aromatic rings. The number of carbonyl (C=O) groups excluding carboxylic acids is 1. The molecule has 6 heteroatoms. The van der Waals surface area contributed by atoms with Gasteiger partial charge in [0, 0.05) is 5.02 Å². The molecule has 2 rings (SSSR count). The molecule has 0 fully saturated rings. The Morgan fingerprint density at radius 2 is 1.90 bits per heavy atom. The number of esters is 1. The molecule has 1 aromatic carbocycles. The smallest absolute Gasteiger partial charge is 0.345 e. The van der Waals surface area contributed by atoms with Crippen LogP contribution in [0.3, 0.4) is 0 Å². The first-order valence-corrected chi connectivity index (χ1v) is 6.86. The highest BCUT2D eigenvalue weighted by molar-refractivity contribution is 6.30. The quantitative estimate of drug-likeness (QED) is 0.818. The van der Waals surface area contributed by atoms with Gasteiger partial charge in [0.05, 0.1) is 18.0 Å². The van der Waals surface area contributed by atoms with Crippen LogP contribution in [0.25, 0.3) is 5.69 Å². The lowest BCUT2D eigenvalue weighted by Crippen LogP contribution is -2.30. The van der Waals surface area contributed by atoms with Gasteiger partial charge >= 0.3 is 5.97 Å². The van der Waals surface area contributed by atoms with Gasteiger partial charge in [0.15, 0.2) is 0 Å². The van der Waals surface area contributed by atoms with Crippen LogP contribution in [0.5, 0.6) is 0 Å². The summed E-state index contributed by atoms with van der Waals surface area (Å²) in [6, 6.07) is 6.74. The van der Waals surface area contributed by atoms with Gasteiger partial charge in [-0.25, -0.2) is 9.78 Å². The van der Waals surface area contributed by atoms with E-state index < -0.39 is 11.5 Å². The molecule has 0 amide bonds. The molecular formula is C15H15ClN2O3. The van der Waals surface area contributed by atoms with Gasteiger partial charge in [-0.05, 0) is 45.0 Å². The molecule has 21 heavy (non-hydrogen) atoms. The third-order valence-electron chi connectivity index (χ3n) is 3.00. The van der Waals surface area contributed by atoms with Crippen LogP contribution < -0.4 is 5.56 Å². The van der Waals surface area contributed by atoms with Crippen molar-refractivity contribution in [2.24, 2.45) is 0 Å². The van der Waals surface area contributed by atoms with Crippen molar-refractivity contribution in [1.82, 2.24) is 9.55 Å². The van der Waals surface area contributed by atoms with Crippen LogP contribution in [0.4, 0.5) is 0 Å². The zero-order chi connectivity index (χ0) is 15.6. The van der Waals surface area contributed by atoms with Crippen molar-refractivity contribution >= 4 is 17.6 Å². The molecule has 0 aliphatic heterocycles. The maximum Gasteiger partial charge on any atom is 0.345 e. The molecule has 0 N–H and O–H groups in total. The summed E-state index contributed by atoms with van der Waals surface area (Å²) in [6.07, 6.45) is 0. The molecule has 0 radical (unpaired) electrons. The first kappa shape index (κ1) is 15.3. The highest BCUT2D eigenvalue weighted by Crippen LogP contribution is 2.14. The molecule has 1 heterocycles. The molecule has 1 aromatic heterocycles. The molecule has 0 spiro atoms. The molecule has 0 aliphatic rings. The van der Waals surface area contributed by atoms with E-state index in [1.54, 1.807) is 45.0 Å². The number of ether oxygens (including phenoxy) is 1. The van der Waals surface area contributed by atoms with Crippen molar-refractivity contribution in [3.05, 3.63) is 56.7 Å². The van der Waals surface area contributed by atoms with Gasteiger partial charge in [0.25, 0.3) is 5.56 Å². The minimum Gasteiger partial charge on any atom is -0.462 e. The Kier molecular flexibility index (Phi) is 4.43. The fourth-order valence-corrected chi connectivity index (χ4v) is 2.22. The summed E-state index contributed by atoms with van der Waals surface area (Å²) < 4.78 is 6.30. The number of hydrogen-bond acceptors (Lipinski definition) is 4. The van der Waals surface area contributed by atoms with Crippen molar-refractivity contribution in [1.29, 1.82) is 0 Å². The van der Waals surface area contributed by atoms with Crippen LogP contribution in [0, 0.1) is 13.8 Å². The van der Waals surface area contributed by atoms with Gasteiger partial charge in [-0.3, -0.25) is 9.36 Å². The average Bonchev–Trinajstić information content (AvgIpc) is 2.40. The van der Waals surface area contributed by atoms with Crippen LogP contribution in [-0.4, -0.2) is 22.1 Å². The maximum atomic E-state index is 12.6. The van der Waals surface area contributed by atoms with Crippen LogP contribution in [0.1, 0.15) is 28.8 Å². The van der Waals surface area contributed by atoms with Crippen molar-refractivity contribution in [2.45, 2.75) is 20.8 Å². The van der Waals surface area contributed by atoms with Crippen molar-refractivity contribution in [2.75, 3.05) is 6.61 Å². The van der Waals surface area contributed by atoms with E-state index in [2.05, 4.69) is 4.98 Å². The summed E-state index contributed by atoms with van der Waals surface area (Å²) in [5, 5.41) is 0.565. The SMILES string of the molecule is CCOC(=O)c1c(C)nc(C)n(-c2ccc(Cl)cc2)c1=O. The van der Waals surface area contributed by atoms with E-state index in [1.807, 2.05) is 0 Å². The second kappa shape index (κ2) is 6.10. The molecule has 0 atom stereocenters. The van der Waals surface area contributed by atoms with E-state index in [0.29, 0.717) is 22.2 Å². The number of carbonyl (C=O) groups is 1. The Bertz CT molecular complexity index is 736. The van der Waals surface area contributed by atoms with Crippen molar-refractivity contribution in [3.63, 3.8) is 0 Å². The second-order valence-electron chi connectivity index (χ2n) is 4.46. The molecule has 110 valence electrons. The highest BCUT2D eigenvalue weighted by atomic mass is 35.5. The molecular weight excluding hydrogens is 292 g/mol. The third kappa shape index (κ3) is 2.97. The van der Waals surface area contributed by atoms with E-state index in [0.717, 1.165) is 0 Å². The van der Waals surface area contributed by atoms with E-state index in [-0.39, 0.29) is 12.2 Å². The van der Waals surface area contributed by atoms with Crippen molar-refractivity contribution < 1.29 is 9.53 Å². The number of aryl methyl sites for hydroxylation is 2. The summed E-state index contributed by atoms with van der Waals surface area (Å²) in [5.74, 6) is -0.164. The summed E-state index contributed by atoms with van der Waals surface area (Å²) in [6.45, 7) is 5.21. The maximum absolute atomic E-state index is 12.6. The lowest BCUT2D eigenvalue weighted by Gasteiger charge is -2.13. The monoisotopic (exact) mass is 306 g/mol. The fourth-order valence-electron chi connectivity index (χ4n) is 2.09. The number of nitrogens with zero attached hydrogens (tertiary/aromatic N) is 2. The van der Waals surface area contributed by atoms with Crippen LogP contribution >= 0.6 is 11.6 Å².